The first kappa shape index (κ1) is 18.6. The van der Waals surface area contributed by atoms with Gasteiger partial charge in [0.15, 0.2) is 5.76 Å². The Hall–Kier alpha value is -3.80. The average Bonchev–Trinajstić information content (AvgIpc) is 3.28. The summed E-state index contributed by atoms with van der Waals surface area (Å²) in [5, 5.41) is 0.441. The van der Waals surface area contributed by atoms with Gasteiger partial charge < -0.3 is 18.3 Å². The van der Waals surface area contributed by atoms with Gasteiger partial charge in [0.1, 0.15) is 12.2 Å². The maximum atomic E-state index is 13.1. The zero-order valence-electron chi connectivity index (χ0n) is 15.9. The lowest BCUT2D eigenvalue weighted by atomic mass is 10.1. The molecule has 2 heterocycles. The molecule has 0 N–H and O–H groups in total. The van der Waals surface area contributed by atoms with E-state index in [4.69, 9.17) is 18.3 Å². The number of ether oxygens (including phenoxy) is 2. The Labute approximate surface area is 166 Å². The van der Waals surface area contributed by atoms with Crippen molar-refractivity contribution in [2.75, 3.05) is 7.11 Å². The predicted octanol–water partition coefficient (Wildman–Crippen LogP) is 4.73. The number of rotatable bonds is 5. The number of hydrogen-bond donors (Lipinski definition) is 0. The molecule has 0 aliphatic carbocycles. The van der Waals surface area contributed by atoms with Gasteiger partial charge in [-0.1, -0.05) is 23.8 Å². The van der Waals surface area contributed by atoms with Gasteiger partial charge in [-0.2, -0.15) is 0 Å². The Kier molecular flexibility index (Phi) is 4.91. The zero-order valence-corrected chi connectivity index (χ0v) is 15.9. The van der Waals surface area contributed by atoms with Crippen molar-refractivity contribution >= 4 is 16.9 Å². The third kappa shape index (κ3) is 3.65. The molecule has 0 amide bonds. The van der Waals surface area contributed by atoms with Crippen molar-refractivity contribution < 1.29 is 23.1 Å². The third-order valence-electron chi connectivity index (χ3n) is 4.51. The monoisotopic (exact) mass is 390 g/mol. The SMILES string of the molecule is COC(=O)c1ccc(COc2c(-c3ccco3)oc3ccc(C)cc3c2=O)cc1. The summed E-state index contributed by atoms with van der Waals surface area (Å²) < 4.78 is 21.9. The molecule has 4 aromatic rings. The van der Waals surface area contributed by atoms with Crippen molar-refractivity contribution in [3.63, 3.8) is 0 Å². The Morgan fingerprint density at radius 1 is 1.07 bits per heavy atom. The van der Waals surface area contributed by atoms with Crippen LogP contribution in [0.25, 0.3) is 22.5 Å². The van der Waals surface area contributed by atoms with Gasteiger partial charge in [-0.25, -0.2) is 4.79 Å². The molecule has 2 aromatic carbocycles. The lowest BCUT2D eigenvalue weighted by Crippen LogP contribution is -2.10. The fourth-order valence-corrected chi connectivity index (χ4v) is 3.00. The van der Waals surface area contributed by atoms with Crippen LogP contribution in [0.3, 0.4) is 0 Å². The van der Waals surface area contributed by atoms with Gasteiger partial charge in [-0.15, -0.1) is 0 Å². The summed E-state index contributed by atoms with van der Waals surface area (Å²) >= 11 is 0. The predicted molar refractivity (Wildman–Crippen MR) is 107 cm³/mol. The molecule has 0 saturated carbocycles. The van der Waals surface area contributed by atoms with E-state index in [2.05, 4.69) is 0 Å². The Balaban J connectivity index is 1.72. The Morgan fingerprint density at radius 3 is 2.55 bits per heavy atom. The van der Waals surface area contributed by atoms with E-state index in [1.807, 2.05) is 13.0 Å². The first-order valence-electron chi connectivity index (χ1n) is 8.98. The largest absolute Gasteiger partial charge is 0.481 e. The minimum atomic E-state index is -0.414. The highest BCUT2D eigenvalue weighted by atomic mass is 16.5. The highest BCUT2D eigenvalue weighted by Gasteiger charge is 2.20. The molecule has 146 valence electrons. The molecule has 0 aliphatic heterocycles. The fraction of sp³-hybridized carbons (Fsp3) is 0.130. The minimum Gasteiger partial charge on any atom is -0.481 e. The van der Waals surface area contributed by atoms with Crippen LogP contribution in [0.2, 0.25) is 0 Å². The van der Waals surface area contributed by atoms with Crippen molar-refractivity contribution in [3.05, 3.63) is 87.8 Å². The summed E-state index contributed by atoms with van der Waals surface area (Å²) in [6.45, 7) is 2.03. The van der Waals surface area contributed by atoms with Gasteiger partial charge in [0.05, 0.1) is 24.3 Å². The van der Waals surface area contributed by atoms with E-state index in [9.17, 15) is 9.59 Å². The van der Waals surface area contributed by atoms with Crippen molar-refractivity contribution in [1.29, 1.82) is 0 Å². The van der Waals surface area contributed by atoms with E-state index in [-0.39, 0.29) is 23.5 Å². The lowest BCUT2D eigenvalue weighted by molar-refractivity contribution is 0.0600. The molecule has 0 unspecified atom stereocenters. The van der Waals surface area contributed by atoms with Crippen LogP contribution in [-0.2, 0) is 11.3 Å². The average molecular weight is 390 g/mol. The topological polar surface area (TPSA) is 78.9 Å². The quantitative estimate of drug-likeness (QED) is 0.459. The van der Waals surface area contributed by atoms with Gasteiger partial charge in [0.2, 0.25) is 16.9 Å². The summed E-state index contributed by atoms with van der Waals surface area (Å²) in [5.41, 5.74) is 2.36. The van der Waals surface area contributed by atoms with E-state index in [1.165, 1.54) is 13.4 Å². The number of benzene rings is 2. The molecule has 0 aliphatic rings. The molecule has 0 bridgehead atoms. The van der Waals surface area contributed by atoms with Gasteiger partial charge in [0, 0.05) is 0 Å². The van der Waals surface area contributed by atoms with Crippen LogP contribution in [0.15, 0.2) is 74.5 Å². The lowest BCUT2D eigenvalue weighted by Gasteiger charge is -2.11. The maximum Gasteiger partial charge on any atom is 0.337 e. The molecule has 6 nitrogen and oxygen atoms in total. The number of hydrogen-bond acceptors (Lipinski definition) is 6. The van der Waals surface area contributed by atoms with Gasteiger partial charge in [-0.3, -0.25) is 4.79 Å². The second-order valence-electron chi connectivity index (χ2n) is 6.54. The standard InChI is InChI=1S/C23H18O6/c1-14-5-10-18-17(12-14)20(24)22(21(29-18)19-4-3-11-27-19)28-13-15-6-8-16(9-7-15)23(25)26-2/h3-12H,13H2,1-2H3. The summed E-state index contributed by atoms with van der Waals surface area (Å²) in [6, 6.07) is 15.6. The van der Waals surface area contributed by atoms with E-state index < -0.39 is 5.97 Å². The maximum absolute atomic E-state index is 13.1. The van der Waals surface area contributed by atoms with Crippen LogP contribution in [0.4, 0.5) is 0 Å². The van der Waals surface area contributed by atoms with Crippen molar-refractivity contribution in [2.45, 2.75) is 13.5 Å². The van der Waals surface area contributed by atoms with E-state index >= 15 is 0 Å². The van der Waals surface area contributed by atoms with Crippen LogP contribution in [0.1, 0.15) is 21.5 Å². The van der Waals surface area contributed by atoms with Crippen LogP contribution in [0.5, 0.6) is 5.75 Å². The molecule has 0 radical (unpaired) electrons. The number of furan rings is 1. The second-order valence-corrected chi connectivity index (χ2v) is 6.54. The Bertz CT molecular complexity index is 1220. The molecule has 0 atom stereocenters. The molecule has 0 fully saturated rings. The van der Waals surface area contributed by atoms with Crippen molar-refractivity contribution in [1.82, 2.24) is 0 Å². The smallest absolute Gasteiger partial charge is 0.337 e. The van der Waals surface area contributed by atoms with Gasteiger partial charge in [0.25, 0.3) is 0 Å². The fourth-order valence-electron chi connectivity index (χ4n) is 3.00. The number of fused-ring (bicyclic) bond motifs is 1. The molecule has 6 heteroatoms. The van der Waals surface area contributed by atoms with Crippen LogP contribution < -0.4 is 10.2 Å². The van der Waals surface area contributed by atoms with E-state index in [0.29, 0.717) is 22.3 Å². The first-order chi connectivity index (χ1) is 14.1. The van der Waals surface area contributed by atoms with Crippen LogP contribution in [0, 0.1) is 6.92 Å². The number of methoxy groups -OCH3 is 1. The van der Waals surface area contributed by atoms with Crippen molar-refractivity contribution in [3.8, 4) is 17.3 Å². The van der Waals surface area contributed by atoms with Crippen LogP contribution in [-0.4, -0.2) is 13.1 Å². The zero-order chi connectivity index (χ0) is 20.4. The minimum absolute atomic E-state index is 0.0788. The summed E-state index contributed by atoms with van der Waals surface area (Å²) in [6.07, 6.45) is 1.50. The molecule has 4 rings (SSSR count). The number of carbonyl (C=O) groups is 1. The molecular weight excluding hydrogens is 372 g/mol. The summed E-state index contributed by atoms with van der Waals surface area (Å²) in [5.74, 6) is 0.307. The molecule has 29 heavy (non-hydrogen) atoms. The molecular formula is C23H18O6. The first-order valence-corrected chi connectivity index (χ1v) is 8.98. The highest BCUT2D eigenvalue weighted by molar-refractivity contribution is 5.89. The Morgan fingerprint density at radius 2 is 1.86 bits per heavy atom. The van der Waals surface area contributed by atoms with Crippen molar-refractivity contribution in [2.24, 2.45) is 0 Å². The van der Waals surface area contributed by atoms with E-state index in [0.717, 1.165) is 11.1 Å². The van der Waals surface area contributed by atoms with Gasteiger partial charge in [-0.05, 0) is 48.9 Å². The number of carbonyl (C=O) groups excluding carboxylic acids is 1. The second kappa shape index (κ2) is 7.67. The van der Waals surface area contributed by atoms with Gasteiger partial charge >= 0.3 is 5.97 Å². The number of aryl methyl sites for hydroxylation is 1. The normalized spacial score (nSPS) is 10.8. The van der Waals surface area contributed by atoms with Crippen LogP contribution >= 0.6 is 0 Å². The third-order valence-corrected chi connectivity index (χ3v) is 4.51. The molecule has 2 aromatic heterocycles. The van der Waals surface area contributed by atoms with E-state index in [1.54, 1.807) is 48.5 Å². The number of esters is 1. The molecule has 0 spiro atoms. The molecule has 0 saturated heterocycles. The summed E-state index contributed by atoms with van der Waals surface area (Å²) in [7, 11) is 1.33. The summed E-state index contributed by atoms with van der Waals surface area (Å²) in [4.78, 5) is 24.7. The highest BCUT2D eigenvalue weighted by Crippen LogP contribution is 2.32.